The van der Waals surface area contributed by atoms with E-state index in [9.17, 15) is 33.7 Å². The van der Waals surface area contributed by atoms with Gasteiger partial charge in [-0.3, -0.25) is 0 Å². The lowest BCUT2D eigenvalue weighted by Crippen LogP contribution is -2.04. The molecule has 0 radical (unpaired) electrons. The van der Waals surface area contributed by atoms with Gasteiger partial charge in [0.25, 0.3) is 0 Å². The molecule has 0 amide bonds. The molecule has 0 spiro atoms. The predicted octanol–water partition coefficient (Wildman–Crippen LogP) is 8.50. The first-order valence-electron chi connectivity index (χ1n) is 18.9. The second-order valence-electron chi connectivity index (χ2n) is 14.6. The van der Waals surface area contributed by atoms with Crippen LogP contribution in [-0.2, 0) is 41.2 Å². The maximum Gasteiger partial charge on any atom is 0.217 e. The van der Waals surface area contributed by atoms with Gasteiger partial charge in [0, 0.05) is 112 Å². The average Bonchev–Trinajstić information content (AvgIpc) is 4.10. The molecule has 2 aliphatic heterocycles. The zero-order valence-corrected chi connectivity index (χ0v) is 38.7. The Bertz CT molecular complexity index is 3360. The molecule has 0 aromatic carbocycles. The van der Waals surface area contributed by atoms with Gasteiger partial charge in [-0.15, -0.1) is 0 Å². The maximum atomic E-state index is 12.0. The summed E-state index contributed by atoms with van der Waals surface area (Å²) in [7, 11) is -10.1. The van der Waals surface area contributed by atoms with Crippen molar-refractivity contribution >= 4 is 176 Å². The topological polar surface area (TPSA) is 194 Å². The standard InChI is InChI=1S/C44H26Cl4N4O8S4/c45-29-17-21(61(53)54)1-5-25(29)41-33-9-11-35(49-33)42(26-6-2-22(62(55)56)18-30(26)46)37-13-15-39(51-37)44(28-8-4-24(64(59)60)20-32(28)48)40-16-14-38(52-40)43(36-12-10-34(41)50-36)27-7-3-23(63(57)58)19-31(27)47/h1-16,49,52H,17-20H2. The fourth-order valence-electron chi connectivity index (χ4n) is 7.97. The van der Waals surface area contributed by atoms with Gasteiger partial charge in [-0.1, -0.05) is 70.7 Å². The van der Waals surface area contributed by atoms with Crippen LogP contribution < -0.4 is 0 Å². The van der Waals surface area contributed by atoms with Crippen LogP contribution in [0.4, 0.5) is 0 Å². The number of hydrogen-bond donors (Lipinski definition) is 2. The van der Waals surface area contributed by atoms with E-state index in [4.69, 9.17) is 56.4 Å². The monoisotopic (exact) mass is 1010 g/mol. The second-order valence-corrected chi connectivity index (χ2v) is 20.4. The Morgan fingerprint density at radius 3 is 0.750 bits per heavy atom. The Labute approximate surface area is 390 Å². The molecule has 6 aliphatic rings. The van der Waals surface area contributed by atoms with Crippen molar-refractivity contribution in [3.63, 3.8) is 0 Å². The third-order valence-corrected chi connectivity index (χ3v) is 15.1. The molecule has 8 bridgehead atoms. The molecule has 4 aliphatic carbocycles. The SMILES string of the molecule is O=S(=O)=C1C=CC(c2c3nc(c(C4=C(Cl)CC(=S(=O)=O)C=C4)c4ccc([nH]4)c(C4=C(Cl)CC(=S(=O)=O)C=C4)c4nc(c(C5=C(Cl)CC(=S(=O)=O)C=C5)c5ccc2[nH]5)C=C4)C=C3)=C(Cl)C1. The molecular weight excluding hydrogens is 983 g/mol. The highest BCUT2D eigenvalue weighted by atomic mass is 35.5. The van der Waals surface area contributed by atoms with E-state index in [1.165, 1.54) is 24.3 Å². The van der Waals surface area contributed by atoms with E-state index < -0.39 is 41.2 Å². The zero-order valence-electron chi connectivity index (χ0n) is 32.4. The van der Waals surface area contributed by atoms with E-state index in [0.717, 1.165) is 0 Å². The van der Waals surface area contributed by atoms with Crippen molar-refractivity contribution in [2.24, 2.45) is 0 Å². The van der Waals surface area contributed by atoms with Gasteiger partial charge in [-0.25, -0.2) is 9.97 Å². The van der Waals surface area contributed by atoms with Crippen molar-refractivity contribution in [2.45, 2.75) is 25.7 Å². The highest BCUT2D eigenvalue weighted by molar-refractivity contribution is 7.74. The Morgan fingerprint density at radius 2 is 0.562 bits per heavy atom. The van der Waals surface area contributed by atoms with Gasteiger partial charge in [-0.2, -0.15) is 33.7 Å². The fourth-order valence-corrected chi connectivity index (χ4v) is 11.3. The quantitative estimate of drug-likeness (QED) is 0.165. The molecule has 20 heteroatoms. The molecule has 322 valence electrons. The van der Waals surface area contributed by atoms with Gasteiger partial charge in [0.1, 0.15) is 0 Å². The second kappa shape index (κ2) is 17.4. The van der Waals surface area contributed by atoms with Crippen LogP contribution in [0, 0.1) is 0 Å². The number of fused-ring (bicyclic) bond motifs is 8. The van der Waals surface area contributed by atoms with Crippen molar-refractivity contribution in [1.82, 2.24) is 19.9 Å². The summed E-state index contributed by atoms with van der Waals surface area (Å²) in [5.74, 6) is 0. The first-order chi connectivity index (χ1) is 30.7. The van der Waals surface area contributed by atoms with Gasteiger partial charge in [0.15, 0.2) is 0 Å². The summed E-state index contributed by atoms with van der Waals surface area (Å²) < 4.78 is 96.0. The van der Waals surface area contributed by atoms with Crippen molar-refractivity contribution in [3.8, 4) is 0 Å². The third kappa shape index (κ3) is 8.09. The Morgan fingerprint density at radius 1 is 0.344 bits per heavy atom. The minimum Gasteiger partial charge on any atom is -0.354 e. The van der Waals surface area contributed by atoms with Crippen LogP contribution in [-0.4, -0.2) is 73.1 Å². The lowest BCUT2D eigenvalue weighted by Gasteiger charge is -2.14. The van der Waals surface area contributed by atoms with E-state index in [1.807, 2.05) is 0 Å². The lowest BCUT2D eigenvalue weighted by atomic mass is 9.97. The zero-order chi connectivity index (χ0) is 45.1. The van der Waals surface area contributed by atoms with Gasteiger partial charge in [-0.05, 0) is 72.9 Å². The maximum absolute atomic E-state index is 12.0. The number of rotatable bonds is 4. The number of aromatic nitrogens is 4. The number of aromatic amines is 2. The lowest BCUT2D eigenvalue weighted by molar-refractivity contribution is 0.625. The molecule has 5 heterocycles. The Kier molecular flexibility index (Phi) is 11.9. The number of allylic oxidation sites excluding steroid dienone is 16. The molecule has 0 fully saturated rings. The van der Waals surface area contributed by atoms with Crippen LogP contribution in [0.5, 0.6) is 0 Å². The molecule has 12 nitrogen and oxygen atoms in total. The number of hydrogen-bond acceptors (Lipinski definition) is 10. The third-order valence-electron chi connectivity index (χ3n) is 10.9. The summed E-state index contributed by atoms with van der Waals surface area (Å²) in [5.41, 5.74) is 7.73. The molecule has 0 unspecified atom stereocenters. The van der Waals surface area contributed by atoms with Crippen molar-refractivity contribution < 1.29 is 33.7 Å². The van der Waals surface area contributed by atoms with E-state index in [1.54, 1.807) is 72.9 Å². The highest BCUT2D eigenvalue weighted by Gasteiger charge is 2.26. The summed E-state index contributed by atoms with van der Waals surface area (Å²) in [6.45, 7) is 0. The van der Waals surface area contributed by atoms with E-state index in [-0.39, 0.29) is 65.3 Å². The summed E-state index contributed by atoms with van der Waals surface area (Å²) in [5, 5.41) is 0.944. The highest BCUT2D eigenvalue weighted by Crippen LogP contribution is 2.41. The molecule has 0 atom stereocenters. The molecule has 3 aromatic rings. The van der Waals surface area contributed by atoms with Crippen LogP contribution in [0.25, 0.3) is 68.7 Å². The molecular formula is C44H26Cl4N4O8S4. The minimum atomic E-state index is -2.52. The molecule has 0 saturated carbocycles. The predicted molar refractivity (Wildman–Crippen MR) is 261 cm³/mol. The van der Waals surface area contributed by atoms with Crippen LogP contribution in [0.15, 0.2) is 93.0 Å². The van der Waals surface area contributed by atoms with Crippen LogP contribution in [0.3, 0.4) is 0 Å². The Balaban J connectivity index is 1.47. The van der Waals surface area contributed by atoms with Crippen LogP contribution >= 0.6 is 46.4 Å². The van der Waals surface area contributed by atoms with Crippen LogP contribution in [0.1, 0.15) is 70.7 Å². The molecule has 2 N–H and O–H groups in total. The summed E-state index contributed by atoms with van der Waals surface area (Å²) in [4.78, 5) is 17.7. The van der Waals surface area contributed by atoms with Crippen molar-refractivity contribution in [1.29, 1.82) is 0 Å². The van der Waals surface area contributed by atoms with Crippen molar-refractivity contribution in [2.75, 3.05) is 0 Å². The Hall–Kier alpha value is -5.56. The van der Waals surface area contributed by atoms with Crippen LogP contribution in [0.2, 0.25) is 0 Å². The molecule has 64 heavy (non-hydrogen) atoms. The molecule has 3 aromatic heterocycles. The van der Waals surface area contributed by atoms with Gasteiger partial charge in [0.2, 0.25) is 41.2 Å². The van der Waals surface area contributed by atoms with E-state index >= 15 is 0 Å². The largest absolute Gasteiger partial charge is 0.354 e. The number of nitrogens with one attached hydrogen (secondary N) is 2. The minimum absolute atomic E-state index is 0.0721. The first kappa shape index (κ1) is 43.7. The number of halogens is 4. The van der Waals surface area contributed by atoms with Crippen molar-refractivity contribution in [3.05, 3.63) is 138 Å². The molecule has 9 rings (SSSR count). The fraction of sp³-hybridized carbons (Fsp3) is 0.0909. The smallest absolute Gasteiger partial charge is 0.217 e. The van der Waals surface area contributed by atoms with Gasteiger partial charge >= 0.3 is 0 Å². The molecule has 0 saturated heterocycles. The van der Waals surface area contributed by atoms with Gasteiger partial charge < -0.3 is 9.97 Å². The van der Waals surface area contributed by atoms with E-state index in [2.05, 4.69) is 9.97 Å². The number of H-pyrrole nitrogens is 2. The number of nitrogens with zero attached hydrogens (tertiary/aromatic N) is 2. The first-order valence-corrected chi connectivity index (χ1v) is 24.7. The average molecular weight is 1010 g/mol. The summed E-state index contributed by atoms with van der Waals surface area (Å²) in [6, 6.07) is 7.21. The van der Waals surface area contributed by atoms with E-state index in [0.29, 0.717) is 89.4 Å². The van der Waals surface area contributed by atoms with Gasteiger partial charge in [0.05, 0.1) is 42.2 Å². The normalized spacial score (nSPS) is 17.2. The summed E-state index contributed by atoms with van der Waals surface area (Å²) in [6.07, 6.45) is 19.1. The summed E-state index contributed by atoms with van der Waals surface area (Å²) >= 11 is 27.7.